The SMILES string of the molecule is CC(C)OC(=O)C(=O)CCc1ccc2ccccc2c1[N+](=O)[O-]. The van der Waals surface area contributed by atoms with Crippen LogP contribution in [0.2, 0.25) is 0 Å². The molecule has 0 aliphatic carbocycles. The van der Waals surface area contributed by atoms with E-state index >= 15 is 0 Å². The highest BCUT2D eigenvalue weighted by atomic mass is 16.6. The van der Waals surface area contributed by atoms with E-state index in [9.17, 15) is 19.7 Å². The number of aryl methyl sites for hydroxylation is 1. The molecule has 0 saturated carbocycles. The van der Waals surface area contributed by atoms with Crippen LogP contribution in [0.25, 0.3) is 10.8 Å². The number of benzene rings is 2. The van der Waals surface area contributed by atoms with Crippen LogP contribution in [0.3, 0.4) is 0 Å². The van der Waals surface area contributed by atoms with Crippen molar-refractivity contribution in [3.63, 3.8) is 0 Å². The largest absolute Gasteiger partial charge is 0.457 e. The van der Waals surface area contributed by atoms with E-state index in [4.69, 9.17) is 4.74 Å². The highest BCUT2D eigenvalue weighted by Gasteiger charge is 2.21. The summed E-state index contributed by atoms with van der Waals surface area (Å²) in [5.41, 5.74) is 0.410. The second-order valence-corrected chi connectivity index (χ2v) is 5.43. The maximum absolute atomic E-state index is 11.8. The lowest BCUT2D eigenvalue weighted by atomic mass is 10.00. The van der Waals surface area contributed by atoms with Gasteiger partial charge in [-0.1, -0.05) is 30.3 Å². The number of hydrogen-bond donors (Lipinski definition) is 0. The van der Waals surface area contributed by atoms with Crippen molar-refractivity contribution in [3.05, 3.63) is 52.1 Å². The van der Waals surface area contributed by atoms with E-state index in [1.807, 2.05) is 0 Å². The van der Waals surface area contributed by atoms with Gasteiger partial charge in [-0.2, -0.15) is 0 Å². The predicted molar refractivity (Wildman–Crippen MR) is 85.2 cm³/mol. The summed E-state index contributed by atoms with van der Waals surface area (Å²) in [5, 5.41) is 12.7. The molecule has 120 valence electrons. The number of esters is 1. The van der Waals surface area contributed by atoms with Gasteiger partial charge in [0.25, 0.3) is 5.69 Å². The normalized spacial score (nSPS) is 10.7. The van der Waals surface area contributed by atoms with Crippen molar-refractivity contribution in [3.8, 4) is 0 Å². The van der Waals surface area contributed by atoms with E-state index in [0.717, 1.165) is 5.39 Å². The maximum Gasteiger partial charge on any atom is 0.374 e. The molecule has 0 amide bonds. The summed E-state index contributed by atoms with van der Waals surface area (Å²) in [6.45, 7) is 3.30. The zero-order chi connectivity index (χ0) is 17.0. The number of carbonyl (C=O) groups is 2. The van der Waals surface area contributed by atoms with Crippen LogP contribution in [0.1, 0.15) is 25.8 Å². The number of ketones is 1. The minimum absolute atomic E-state index is 0.0203. The van der Waals surface area contributed by atoms with Crippen LogP contribution in [0.15, 0.2) is 36.4 Å². The lowest BCUT2D eigenvalue weighted by Gasteiger charge is -2.08. The second kappa shape index (κ2) is 7.00. The fourth-order valence-corrected chi connectivity index (χ4v) is 2.35. The average molecular weight is 315 g/mol. The number of nitro benzene ring substituents is 1. The first-order valence-electron chi connectivity index (χ1n) is 7.29. The van der Waals surface area contributed by atoms with Gasteiger partial charge in [0.05, 0.1) is 16.4 Å². The molecule has 6 nitrogen and oxygen atoms in total. The molecule has 0 aliphatic rings. The first-order chi connectivity index (χ1) is 10.9. The van der Waals surface area contributed by atoms with Crippen LogP contribution in [-0.2, 0) is 20.7 Å². The Morgan fingerprint density at radius 1 is 1.17 bits per heavy atom. The zero-order valence-corrected chi connectivity index (χ0v) is 12.9. The first-order valence-corrected chi connectivity index (χ1v) is 7.29. The van der Waals surface area contributed by atoms with Gasteiger partial charge in [0, 0.05) is 12.0 Å². The molecule has 23 heavy (non-hydrogen) atoms. The first kappa shape index (κ1) is 16.6. The Bertz CT molecular complexity index is 767. The van der Waals surface area contributed by atoms with Gasteiger partial charge in [-0.15, -0.1) is 0 Å². The molecule has 2 aromatic rings. The van der Waals surface area contributed by atoms with E-state index < -0.39 is 16.7 Å². The van der Waals surface area contributed by atoms with Crippen molar-refractivity contribution in [2.24, 2.45) is 0 Å². The smallest absolute Gasteiger partial charge is 0.374 e. The fourth-order valence-electron chi connectivity index (χ4n) is 2.35. The van der Waals surface area contributed by atoms with Gasteiger partial charge >= 0.3 is 5.97 Å². The summed E-state index contributed by atoms with van der Waals surface area (Å²) >= 11 is 0. The number of fused-ring (bicyclic) bond motifs is 1. The Kier molecular flexibility index (Phi) is 5.05. The molecule has 0 unspecified atom stereocenters. The molecular formula is C17H17NO5. The molecule has 0 atom stereocenters. The fraction of sp³-hybridized carbons (Fsp3) is 0.294. The minimum atomic E-state index is -0.900. The van der Waals surface area contributed by atoms with Gasteiger partial charge in [0.2, 0.25) is 5.78 Å². The molecule has 0 spiro atoms. The van der Waals surface area contributed by atoms with E-state index in [0.29, 0.717) is 10.9 Å². The Balaban J connectivity index is 2.23. The van der Waals surface area contributed by atoms with Gasteiger partial charge in [0.1, 0.15) is 0 Å². The summed E-state index contributed by atoms with van der Waals surface area (Å²) in [4.78, 5) is 34.2. The van der Waals surface area contributed by atoms with Crippen molar-refractivity contribution < 1.29 is 19.2 Å². The number of Topliss-reactive ketones (excluding diaryl/α,β-unsaturated/α-hetero) is 1. The molecule has 0 aliphatic heterocycles. The summed E-state index contributed by atoms with van der Waals surface area (Å²) in [5.74, 6) is -1.58. The minimum Gasteiger partial charge on any atom is -0.457 e. The third kappa shape index (κ3) is 3.91. The van der Waals surface area contributed by atoms with Crippen LogP contribution in [-0.4, -0.2) is 22.8 Å². The third-order valence-electron chi connectivity index (χ3n) is 3.36. The molecule has 0 saturated heterocycles. The molecule has 0 aromatic heterocycles. The predicted octanol–water partition coefficient (Wildman–Crippen LogP) is 3.20. The van der Waals surface area contributed by atoms with Crippen molar-refractivity contribution in [1.29, 1.82) is 0 Å². The van der Waals surface area contributed by atoms with Crippen molar-refractivity contribution in [2.75, 3.05) is 0 Å². The Morgan fingerprint density at radius 3 is 2.52 bits per heavy atom. The molecular weight excluding hydrogens is 298 g/mol. The standard InChI is InChI=1S/C17H17NO5/c1-11(2)23-17(20)15(19)10-9-13-8-7-12-5-3-4-6-14(12)16(13)18(21)22/h3-8,11H,9-10H2,1-2H3. The number of carbonyl (C=O) groups excluding carboxylic acids is 2. The summed E-state index contributed by atoms with van der Waals surface area (Å²) in [7, 11) is 0. The molecule has 2 rings (SSSR count). The molecule has 2 aromatic carbocycles. The van der Waals surface area contributed by atoms with Crippen LogP contribution in [0.5, 0.6) is 0 Å². The molecule has 0 heterocycles. The highest BCUT2D eigenvalue weighted by Crippen LogP contribution is 2.30. The van der Waals surface area contributed by atoms with E-state index in [1.165, 1.54) is 0 Å². The Labute approximate surface area is 133 Å². The second-order valence-electron chi connectivity index (χ2n) is 5.43. The lowest BCUT2D eigenvalue weighted by Crippen LogP contribution is -2.21. The summed E-state index contributed by atoms with van der Waals surface area (Å²) in [6, 6.07) is 10.4. The van der Waals surface area contributed by atoms with Gasteiger partial charge in [-0.25, -0.2) is 4.79 Å². The Hall–Kier alpha value is -2.76. The van der Waals surface area contributed by atoms with Crippen LogP contribution < -0.4 is 0 Å². The van der Waals surface area contributed by atoms with Crippen molar-refractivity contribution >= 4 is 28.2 Å². The number of hydrogen-bond acceptors (Lipinski definition) is 5. The number of nitro groups is 1. The van der Waals surface area contributed by atoms with E-state index in [-0.39, 0.29) is 24.6 Å². The van der Waals surface area contributed by atoms with Crippen LogP contribution >= 0.6 is 0 Å². The highest BCUT2D eigenvalue weighted by molar-refractivity contribution is 6.33. The van der Waals surface area contributed by atoms with Gasteiger partial charge in [0.15, 0.2) is 0 Å². The van der Waals surface area contributed by atoms with E-state index in [2.05, 4.69) is 0 Å². The summed E-state index contributed by atoms with van der Waals surface area (Å²) in [6.07, 6.45) is -0.376. The Morgan fingerprint density at radius 2 is 1.87 bits per heavy atom. The lowest BCUT2D eigenvalue weighted by molar-refractivity contribution is -0.383. The van der Waals surface area contributed by atoms with Crippen LogP contribution in [0, 0.1) is 10.1 Å². The van der Waals surface area contributed by atoms with Crippen LogP contribution in [0.4, 0.5) is 5.69 Å². The van der Waals surface area contributed by atoms with Crippen molar-refractivity contribution in [1.82, 2.24) is 0 Å². The number of nitrogens with zero attached hydrogens (tertiary/aromatic N) is 1. The third-order valence-corrected chi connectivity index (χ3v) is 3.36. The summed E-state index contributed by atoms with van der Waals surface area (Å²) < 4.78 is 4.83. The molecule has 0 fully saturated rings. The molecule has 0 bridgehead atoms. The number of rotatable bonds is 6. The maximum atomic E-state index is 11.8. The average Bonchev–Trinajstić information content (AvgIpc) is 2.50. The zero-order valence-electron chi connectivity index (χ0n) is 12.9. The van der Waals surface area contributed by atoms with Gasteiger partial charge < -0.3 is 4.74 Å². The van der Waals surface area contributed by atoms with Gasteiger partial charge in [-0.05, 0) is 31.7 Å². The molecule has 6 heteroatoms. The van der Waals surface area contributed by atoms with Gasteiger partial charge in [-0.3, -0.25) is 14.9 Å². The van der Waals surface area contributed by atoms with Crippen molar-refractivity contribution in [2.45, 2.75) is 32.8 Å². The number of ether oxygens (including phenoxy) is 1. The monoisotopic (exact) mass is 315 g/mol. The molecule has 0 N–H and O–H groups in total. The topological polar surface area (TPSA) is 86.5 Å². The molecule has 0 radical (unpaired) electrons. The van der Waals surface area contributed by atoms with E-state index in [1.54, 1.807) is 50.2 Å². The quantitative estimate of drug-likeness (QED) is 0.353.